The Morgan fingerprint density at radius 2 is 1.64 bits per heavy atom. The van der Waals surface area contributed by atoms with Gasteiger partial charge in [-0.3, -0.25) is 10.2 Å². The largest absolute Gasteiger partial charge is 0.508 e. The molecule has 36 heavy (non-hydrogen) atoms. The second-order valence-corrected chi connectivity index (χ2v) is 8.11. The van der Waals surface area contributed by atoms with E-state index in [0.717, 1.165) is 5.56 Å². The highest BCUT2D eigenvalue weighted by Gasteiger charge is 2.32. The van der Waals surface area contributed by atoms with E-state index in [2.05, 4.69) is 38.8 Å². The predicted octanol–water partition coefficient (Wildman–Crippen LogP) is 2.06. The minimum absolute atomic E-state index is 0.0206. The molecular formula is C23H29N7O5S. The summed E-state index contributed by atoms with van der Waals surface area (Å²) in [6.45, 7) is 1.67. The van der Waals surface area contributed by atoms with Gasteiger partial charge >= 0.3 is 12.0 Å². The summed E-state index contributed by atoms with van der Waals surface area (Å²) in [6, 6.07) is 8.43. The number of rotatable bonds is 11. The highest BCUT2D eigenvalue weighted by Crippen LogP contribution is 2.15. The zero-order chi connectivity index (χ0) is 26.7. The summed E-state index contributed by atoms with van der Waals surface area (Å²) in [4.78, 5) is 37.4. The Morgan fingerprint density at radius 1 is 1.03 bits per heavy atom. The number of guanidine groups is 1. The first-order chi connectivity index (χ1) is 17.1. The van der Waals surface area contributed by atoms with E-state index in [1.54, 1.807) is 43.3 Å². The summed E-state index contributed by atoms with van der Waals surface area (Å²) in [7, 11) is 0. The molecular weight excluding hydrogens is 486 g/mol. The molecule has 0 heterocycles. The topological polar surface area (TPSA) is 202 Å². The number of urea groups is 1. The van der Waals surface area contributed by atoms with Crippen LogP contribution in [0.3, 0.4) is 0 Å². The molecule has 2 aromatic rings. The second kappa shape index (κ2) is 13.7. The predicted molar refractivity (Wildman–Crippen MR) is 136 cm³/mol. The van der Waals surface area contributed by atoms with Gasteiger partial charge in [-0.25, -0.2) is 9.59 Å². The SMILES string of the molecule is CCC(NC(=N)N)C(NC(=O)C(Cc1ccc(O)cc1)NC(=O)/N=N/c1ccc(CS)cc1)C(=O)O. The molecule has 3 unspecified atom stereocenters. The van der Waals surface area contributed by atoms with Gasteiger partial charge in [0.05, 0.1) is 11.7 Å². The molecule has 0 saturated heterocycles. The number of thiol groups is 1. The summed E-state index contributed by atoms with van der Waals surface area (Å²) in [6.07, 6.45) is 0.222. The number of carbonyl (C=O) groups is 3. The molecule has 192 valence electrons. The lowest BCUT2D eigenvalue weighted by molar-refractivity contribution is -0.142. The minimum atomic E-state index is -1.43. The normalized spacial score (nSPS) is 13.4. The Morgan fingerprint density at radius 3 is 2.17 bits per heavy atom. The Hall–Kier alpha value is -4.13. The number of benzene rings is 2. The van der Waals surface area contributed by atoms with Gasteiger partial charge in [0.15, 0.2) is 5.96 Å². The Balaban J connectivity index is 2.22. The van der Waals surface area contributed by atoms with Crippen LogP contribution in [-0.4, -0.2) is 52.2 Å². The summed E-state index contributed by atoms with van der Waals surface area (Å²) in [5, 5.41) is 41.4. The second-order valence-electron chi connectivity index (χ2n) is 7.79. The quantitative estimate of drug-likeness (QED) is 0.0967. The van der Waals surface area contributed by atoms with Crippen molar-refractivity contribution in [3.63, 3.8) is 0 Å². The van der Waals surface area contributed by atoms with Gasteiger partial charge < -0.3 is 31.9 Å². The fourth-order valence-corrected chi connectivity index (χ4v) is 3.45. The number of phenolic OH excluding ortho intramolecular Hbond substituents is 1. The molecule has 3 amide bonds. The smallest absolute Gasteiger partial charge is 0.360 e. The van der Waals surface area contributed by atoms with E-state index in [9.17, 15) is 24.6 Å². The number of nitrogens with one attached hydrogen (secondary N) is 4. The van der Waals surface area contributed by atoms with Gasteiger partial charge in [-0.15, -0.1) is 5.11 Å². The van der Waals surface area contributed by atoms with Crippen LogP contribution >= 0.6 is 12.6 Å². The molecule has 0 aliphatic heterocycles. The van der Waals surface area contributed by atoms with E-state index in [-0.39, 0.29) is 18.6 Å². The van der Waals surface area contributed by atoms with Gasteiger partial charge in [-0.2, -0.15) is 12.6 Å². The number of amides is 3. The maximum atomic E-state index is 13.1. The van der Waals surface area contributed by atoms with Gasteiger partial charge in [0.2, 0.25) is 5.91 Å². The number of hydrogen-bond acceptors (Lipinski definition) is 7. The molecule has 0 fully saturated rings. The van der Waals surface area contributed by atoms with Crippen LogP contribution in [0.1, 0.15) is 24.5 Å². The maximum absolute atomic E-state index is 13.1. The third-order valence-electron chi connectivity index (χ3n) is 5.11. The van der Waals surface area contributed by atoms with Crippen molar-refractivity contribution in [2.75, 3.05) is 0 Å². The van der Waals surface area contributed by atoms with Crippen LogP contribution in [0.5, 0.6) is 5.75 Å². The lowest BCUT2D eigenvalue weighted by Crippen LogP contribution is -2.59. The van der Waals surface area contributed by atoms with Gasteiger partial charge in [0, 0.05) is 12.2 Å². The summed E-state index contributed by atoms with van der Waals surface area (Å²) < 4.78 is 0. The van der Waals surface area contributed by atoms with Crippen molar-refractivity contribution in [2.24, 2.45) is 16.0 Å². The molecule has 2 rings (SSSR count). The van der Waals surface area contributed by atoms with Crippen molar-refractivity contribution in [1.29, 1.82) is 5.41 Å². The standard InChI is InChI=1S/C23H29N7O5S/c1-2-17(26-22(24)25)19(21(33)34)28-20(32)18(11-13-5-9-16(31)10-6-13)27-23(35)30-29-15-7-3-14(12-36)4-8-15/h3-10,17-19,31,36H,2,11-12H2,1H3,(H,27,35)(H,28,32)(H,33,34)(H4,24,25,26)/b30-29+. The molecule has 8 N–H and O–H groups in total. The number of carboxylic acids is 1. The van der Waals surface area contributed by atoms with Crippen LogP contribution in [0.2, 0.25) is 0 Å². The van der Waals surface area contributed by atoms with Gasteiger partial charge in [-0.05, 0) is 41.8 Å². The number of carbonyl (C=O) groups excluding carboxylic acids is 2. The third kappa shape index (κ3) is 8.91. The van der Waals surface area contributed by atoms with E-state index in [0.29, 0.717) is 17.0 Å². The summed E-state index contributed by atoms with van der Waals surface area (Å²) >= 11 is 4.18. The molecule has 2 aromatic carbocycles. The number of nitrogens with zero attached hydrogens (tertiary/aromatic N) is 2. The van der Waals surface area contributed by atoms with E-state index in [1.165, 1.54) is 12.1 Å². The summed E-state index contributed by atoms with van der Waals surface area (Å²) in [5.74, 6) is -2.01. The van der Waals surface area contributed by atoms with Crippen molar-refractivity contribution in [3.05, 3.63) is 59.7 Å². The molecule has 13 heteroatoms. The molecule has 0 spiro atoms. The molecule has 12 nitrogen and oxygen atoms in total. The number of hydrogen-bond donors (Lipinski definition) is 8. The van der Waals surface area contributed by atoms with Crippen LogP contribution in [0, 0.1) is 5.41 Å². The van der Waals surface area contributed by atoms with Crippen LogP contribution in [-0.2, 0) is 21.8 Å². The average molecular weight is 516 g/mol. The molecule has 0 aliphatic carbocycles. The molecule has 0 bridgehead atoms. The zero-order valence-corrected chi connectivity index (χ0v) is 20.4. The number of aromatic hydroxyl groups is 1. The lowest BCUT2D eigenvalue weighted by Gasteiger charge is -2.27. The fraction of sp³-hybridized carbons (Fsp3) is 0.304. The van der Waals surface area contributed by atoms with Crippen LogP contribution in [0.4, 0.5) is 10.5 Å². The summed E-state index contributed by atoms with van der Waals surface area (Å²) in [5.41, 5.74) is 7.31. The van der Waals surface area contributed by atoms with E-state index in [1.807, 2.05) is 0 Å². The van der Waals surface area contributed by atoms with Crippen LogP contribution in [0.15, 0.2) is 58.8 Å². The van der Waals surface area contributed by atoms with E-state index in [4.69, 9.17) is 11.1 Å². The van der Waals surface area contributed by atoms with Crippen molar-refractivity contribution in [3.8, 4) is 5.75 Å². The average Bonchev–Trinajstić information content (AvgIpc) is 2.85. The minimum Gasteiger partial charge on any atom is -0.508 e. The number of azo groups is 1. The van der Waals surface area contributed by atoms with Crippen molar-refractivity contribution in [1.82, 2.24) is 16.0 Å². The first-order valence-corrected chi connectivity index (χ1v) is 11.6. The van der Waals surface area contributed by atoms with Crippen molar-refractivity contribution in [2.45, 2.75) is 43.6 Å². The van der Waals surface area contributed by atoms with Crippen LogP contribution < -0.4 is 21.7 Å². The number of nitrogens with two attached hydrogens (primary N) is 1. The highest BCUT2D eigenvalue weighted by atomic mass is 32.1. The molecule has 0 aromatic heterocycles. The van der Waals surface area contributed by atoms with Gasteiger partial charge in [-0.1, -0.05) is 36.3 Å². The fourth-order valence-electron chi connectivity index (χ4n) is 3.24. The Bertz CT molecular complexity index is 1090. The van der Waals surface area contributed by atoms with Gasteiger partial charge in [0.1, 0.15) is 17.8 Å². The van der Waals surface area contributed by atoms with Crippen LogP contribution in [0.25, 0.3) is 0 Å². The zero-order valence-electron chi connectivity index (χ0n) is 19.5. The molecule has 3 atom stereocenters. The van der Waals surface area contributed by atoms with E-state index < -0.39 is 42.0 Å². The first-order valence-electron chi connectivity index (χ1n) is 11.0. The Kier molecular flexibility index (Phi) is 10.7. The first kappa shape index (κ1) is 28.1. The van der Waals surface area contributed by atoms with Crippen molar-refractivity contribution >= 4 is 42.2 Å². The lowest BCUT2D eigenvalue weighted by atomic mass is 10.0. The maximum Gasteiger partial charge on any atom is 0.360 e. The molecule has 0 aliphatic rings. The Labute approximate surface area is 213 Å². The monoisotopic (exact) mass is 515 g/mol. The molecule has 0 radical (unpaired) electrons. The number of carboxylic acid groups (broad SMARTS) is 1. The highest BCUT2D eigenvalue weighted by molar-refractivity contribution is 7.79. The van der Waals surface area contributed by atoms with Crippen molar-refractivity contribution < 1.29 is 24.6 Å². The number of aliphatic carboxylic acids is 1. The van der Waals surface area contributed by atoms with E-state index >= 15 is 0 Å². The van der Waals surface area contributed by atoms with Gasteiger partial charge in [0.25, 0.3) is 0 Å². The number of phenols is 1. The third-order valence-corrected chi connectivity index (χ3v) is 5.48. The molecule has 0 saturated carbocycles.